The highest BCUT2D eigenvalue weighted by molar-refractivity contribution is 9.10. The van der Waals surface area contributed by atoms with Crippen LogP contribution in [0.15, 0.2) is 89.7 Å². The van der Waals surface area contributed by atoms with Crippen LogP contribution in [0.2, 0.25) is 0 Å². The smallest absolute Gasteiger partial charge is 0.102 e. The van der Waals surface area contributed by atoms with Gasteiger partial charge in [0.25, 0.3) is 0 Å². The Bertz CT molecular complexity index is 1740. The van der Waals surface area contributed by atoms with E-state index in [1.54, 1.807) is 0 Å². The fourth-order valence-electron chi connectivity index (χ4n) is 4.66. The highest BCUT2D eigenvalue weighted by atomic mass is 79.9. The second-order valence-electron chi connectivity index (χ2n) is 8.16. The van der Waals surface area contributed by atoms with Crippen LogP contribution in [0.1, 0.15) is 11.1 Å². The summed E-state index contributed by atoms with van der Waals surface area (Å²) in [6.07, 6.45) is 3.76. The van der Waals surface area contributed by atoms with Gasteiger partial charge in [-0.2, -0.15) is 10.5 Å². The molecule has 0 aliphatic heterocycles. The van der Waals surface area contributed by atoms with Crippen LogP contribution in [0.3, 0.4) is 0 Å². The Morgan fingerprint density at radius 3 is 1.74 bits per heavy atom. The van der Waals surface area contributed by atoms with Gasteiger partial charge >= 0.3 is 0 Å². The van der Waals surface area contributed by atoms with Gasteiger partial charge in [-0.05, 0) is 29.8 Å². The van der Waals surface area contributed by atoms with Crippen molar-refractivity contribution in [1.29, 1.82) is 10.5 Å². The summed E-state index contributed by atoms with van der Waals surface area (Å²) in [7, 11) is 0. The standard InChI is InChI=1S/C29H16BrN5/c30-18-7-5-6-17(12-18)27-21(13-31)28(23-15-33-25-10-3-1-8-19(23)25)35-29(22(27)14-32)24-16-34-26-11-4-2-9-20(24)26/h1-12,15-16,33-34H. The maximum Gasteiger partial charge on any atom is 0.102 e. The van der Waals surface area contributed by atoms with Crippen LogP contribution in [0.4, 0.5) is 0 Å². The van der Waals surface area contributed by atoms with Gasteiger partial charge < -0.3 is 9.97 Å². The van der Waals surface area contributed by atoms with Crippen LogP contribution >= 0.6 is 15.9 Å². The number of rotatable bonds is 3. The molecule has 0 fully saturated rings. The summed E-state index contributed by atoms with van der Waals surface area (Å²) in [4.78, 5) is 11.6. The molecule has 0 bridgehead atoms. The third-order valence-corrected chi connectivity index (χ3v) is 6.72. The summed E-state index contributed by atoms with van der Waals surface area (Å²) in [5.41, 5.74) is 6.71. The third kappa shape index (κ3) is 3.32. The molecule has 0 aliphatic carbocycles. The number of nitrogens with one attached hydrogen (secondary N) is 2. The van der Waals surface area contributed by atoms with Crippen LogP contribution < -0.4 is 0 Å². The minimum absolute atomic E-state index is 0.369. The normalized spacial score (nSPS) is 10.9. The van der Waals surface area contributed by atoms with Gasteiger partial charge in [-0.25, -0.2) is 4.98 Å². The van der Waals surface area contributed by atoms with Gasteiger partial charge in [-0.15, -0.1) is 0 Å². The van der Waals surface area contributed by atoms with Crippen molar-refractivity contribution in [2.45, 2.75) is 0 Å². The molecular formula is C29H16BrN5. The van der Waals surface area contributed by atoms with E-state index in [1.165, 1.54) is 0 Å². The van der Waals surface area contributed by atoms with Crippen molar-refractivity contribution in [2.75, 3.05) is 0 Å². The molecule has 3 heterocycles. The van der Waals surface area contributed by atoms with Crippen LogP contribution in [-0.4, -0.2) is 15.0 Å². The second-order valence-corrected chi connectivity index (χ2v) is 9.08. The Morgan fingerprint density at radius 2 is 1.23 bits per heavy atom. The maximum atomic E-state index is 10.4. The molecule has 6 heteroatoms. The SMILES string of the molecule is N#Cc1c(-c2c[nH]c3ccccc23)nc(-c2c[nH]c3ccccc23)c(C#N)c1-c1cccc(Br)c1. The molecule has 5 nitrogen and oxygen atoms in total. The van der Waals surface area contributed by atoms with Gasteiger partial charge in [-0.1, -0.05) is 64.5 Å². The Balaban J connectivity index is 1.78. The zero-order valence-corrected chi connectivity index (χ0v) is 19.9. The molecule has 3 aromatic carbocycles. The highest BCUT2D eigenvalue weighted by Gasteiger charge is 2.25. The number of H-pyrrole nitrogens is 2. The molecule has 6 rings (SSSR count). The van der Waals surface area contributed by atoms with Gasteiger partial charge in [0.2, 0.25) is 0 Å². The number of aromatic amines is 2. The van der Waals surface area contributed by atoms with Gasteiger partial charge in [-0.3, -0.25) is 0 Å². The Kier molecular flexibility index (Phi) is 4.95. The number of hydrogen-bond donors (Lipinski definition) is 2. The lowest BCUT2D eigenvalue weighted by Gasteiger charge is -2.15. The first-order valence-corrected chi connectivity index (χ1v) is 11.8. The zero-order chi connectivity index (χ0) is 23.9. The number of hydrogen-bond acceptors (Lipinski definition) is 3. The van der Waals surface area contributed by atoms with E-state index in [1.807, 2.05) is 85.2 Å². The van der Waals surface area contributed by atoms with Crippen molar-refractivity contribution < 1.29 is 0 Å². The van der Waals surface area contributed by atoms with Crippen molar-refractivity contribution in [3.8, 4) is 45.8 Å². The lowest BCUT2D eigenvalue weighted by molar-refractivity contribution is 1.28. The first kappa shape index (κ1) is 20.9. The van der Waals surface area contributed by atoms with Crippen LogP contribution in [0, 0.1) is 22.7 Å². The summed E-state index contributed by atoms with van der Waals surface area (Å²) < 4.78 is 0.863. The predicted molar refractivity (Wildman–Crippen MR) is 141 cm³/mol. The summed E-state index contributed by atoms with van der Waals surface area (Å²) >= 11 is 3.54. The first-order chi connectivity index (χ1) is 17.2. The number of fused-ring (bicyclic) bond motifs is 2. The summed E-state index contributed by atoms with van der Waals surface area (Å²) in [6.45, 7) is 0. The molecule has 0 saturated heterocycles. The van der Waals surface area contributed by atoms with E-state index in [0.29, 0.717) is 28.1 Å². The topological polar surface area (TPSA) is 92.0 Å². The highest BCUT2D eigenvalue weighted by Crippen LogP contribution is 2.42. The van der Waals surface area contributed by atoms with Crippen molar-refractivity contribution >= 4 is 37.7 Å². The summed E-state index contributed by atoms with van der Waals surface area (Å²) in [5.74, 6) is 0. The van der Waals surface area contributed by atoms with E-state index in [-0.39, 0.29) is 0 Å². The molecule has 0 spiro atoms. The molecule has 6 aromatic rings. The Morgan fingerprint density at radius 1 is 0.686 bits per heavy atom. The number of benzene rings is 3. The zero-order valence-electron chi connectivity index (χ0n) is 18.3. The van der Waals surface area contributed by atoms with Crippen molar-refractivity contribution in [3.63, 3.8) is 0 Å². The van der Waals surface area contributed by atoms with E-state index in [2.05, 4.69) is 38.0 Å². The largest absolute Gasteiger partial charge is 0.360 e. The van der Waals surface area contributed by atoms with E-state index < -0.39 is 0 Å². The molecule has 164 valence electrons. The van der Waals surface area contributed by atoms with Gasteiger partial charge in [0, 0.05) is 55.4 Å². The average molecular weight is 514 g/mol. The minimum Gasteiger partial charge on any atom is -0.360 e. The van der Waals surface area contributed by atoms with E-state index in [0.717, 1.165) is 43.0 Å². The molecule has 0 unspecified atom stereocenters. The summed E-state index contributed by atoms with van der Waals surface area (Å²) in [5, 5.41) is 22.7. The number of nitrogens with zero attached hydrogens (tertiary/aromatic N) is 3. The molecule has 35 heavy (non-hydrogen) atoms. The fraction of sp³-hybridized carbons (Fsp3) is 0. The summed E-state index contributed by atoms with van der Waals surface area (Å²) in [6, 6.07) is 28.2. The fourth-order valence-corrected chi connectivity index (χ4v) is 5.06. The molecule has 2 N–H and O–H groups in total. The average Bonchev–Trinajstić information content (AvgIpc) is 3.52. The molecule has 0 amide bonds. The van der Waals surface area contributed by atoms with E-state index >= 15 is 0 Å². The number of halogens is 1. The monoisotopic (exact) mass is 513 g/mol. The number of nitriles is 2. The number of aromatic nitrogens is 3. The molecular weight excluding hydrogens is 498 g/mol. The van der Waals surface area contributed by atoms with E-state index in [4.69, 9.17) is 4.98 Å². The quantitative estimate of drug-likeness (QED) is 0.255. The van der Waals surface area contributed by atoms with E-state index in [9.17, 15) is 10.5 Å². The van der Waals surface area contributed by atoms with Crippen molar-refractivity contribution in [1.82, 2.24) is 15.0 Å². The maximum absolute atomic E-state index is 10.4. The van der Waals surface area contributed by atoms with Gasteiger partial charge in [0.1, 0.15) is 12.1 Å². The number of pyridine rings is 1. The Hall–Kier alpha value is -4.65. The molecule has 0 atom stereocenters. The van der Waals surface area contributed by atoms with Crippen molar-refractivity contribution in [2.24, 2.45) is 0 Å². The van der Waals surface area contributed by atoms with Gasteiger partial charge in [0.05, 0.1) is 22.5 Å². The lowest BCUT2D eigenvalue weighted by atomic mass is 9.89. The third-order valence-electron chi connectivity index (χ3n) is 6.22. The van der Waals surface area contributed by atoms with Crippen LogP contribution in [-0.2, 0) is 0 Å². The Labute approximate surface area is 209 Å². The second kappa shape index (κ2) is 8.29. The van der Waals surface area contributed by atoms with Gasteiger partial charge in [0.15, 0.2) is 0 Å². The molecule has 0 aliphatic rings. The first-order valence-electron chi connectivity index (χ1n) is 11.0. The number of para-hydroxylation sites is 2. The van der Waals surface area contributed by atoms with Crippen LogP contribution in [0.5, 0.6) is 0 Å². The molecule has 3 aromatic heterocycles. The van der Waals surface area contributed by atoms with Crippen molar-refractivity contribution in [3.05, 3.63) is 101 Å². The predicted octanol–water partition coefficient (Wildman–Crippen LogP) is 7.55. The van der Waals surface area contributed by atoms with Crippen LogP contribution in [0.25, 0.3) is 55.4 Å². The lowest BCUT2D eigenvalue weighted by Crippen LogP contribution is -2.01. The molecule has 0 radical (unpaired) electrons. The minimum atomic E-state index is 0.369. The molecule has 0 saturated carbocycles.